The Morgan fingerprint density at radius 3 is 3.00 bits per heavy atom. The van der Waals surface area contributed by atoms with Crippen molar-refractivity contribution in [2.45, 2.75) is 25.9 Å². The van der Waals surface area contributed by atoms with Gasteiger partial charge in [-0.05, 0) is 43.0 Å². The van der Waals surface area contributed by atoms with E-state index in [0.29, 0.717) is 24.7 Å². The number of anilines is 1. The van der Waals surface area contributed by atoms with E-state index in [4.69, 9.17) is 4.74 Å². The van der Waals surface area contributed by atoms with Crippen molar-refractivity contribution in [1.82, 2.24) is 4.98 Å². The van der Waals surface area contributed by atoms with Gasteiger partial charge in [0.15, 0.2) is 0 Å². The second-order valence-corrected chi connectivity index (χ2v) is 5.66. The molecule has 23 heavy (non-hydrogen) atoms. The average molecular weight is 308 g/mol. The van der Waals surface area contributed by atoms with E-state index in [9.17, 15) is 4.79 Å². The third-order valence-corrected chi connectivity index (χ3v) is 3.79. The van der Waals surface area contributed by atoms with Crippen molar-refractivity contribution in [3.63, 3.8) is 0 Å². The largest absolute Gasteiger partial charge is 0.487 e. The number of ether oxygens (including phenoxy) is 1. The molecule has 4 nitrogen and oxygen atoms in total. The Morgan fingerprint density at radius 2 is 2.22 bits per heavy atom. The van der Waals surface area contributed by atoms with Crippen molar-refractivity contribution in [3.05, 3.63) is 66.5 Å². The Hall–Kier alpha value is -2.62. The SMILES string of the molecule is O=C(CC1C=CCC1)Nc1cccc(OCc2ccccn2)c1. The van der Waals surface area contributed by atoms with E-state index in [-0.39, 0.29) is 5.91 Å². The first-order valence-electron chi connectivity index (χ1n) is 7.89. The van der Waals surface area contributed by atoms with Crippen LogP contribution in [0.15, 0.2) is 60.8 Å². The van der Waals surface area contributed by atoms with Crippen molar-refractivity contribution in [2.75, 3.05) is 5.32 Å². The van der Waals surface area contributed by atoms with Gasteiger partial charge in [-0.15, -0.1) is 0 Å². The smallest absolute Gasteiger partial charge is 0.224 e. The lowest BCUT2D eigenvalue weighted by atomic mass is 10.1. The standard InChI is InChI=1S/C19H20N2O2/c22-19(12-15-6-1-2-7-15)21-16-9-5-10-18(13-16)23-14-17-8-3-4-11-20-17/h1,3-6,8-11,13,15H,2,7,12,14H2,(H,21,22). The lowest BCUT2D eigenvalue weighted by Crippen LogP contribution is -2.14. The zero-order chi connectivity index (χ0) is 15.9. The van der Waals surface area contributed by atoms with E-state index in [2.05, 4.69) is 22.5 Å². The minimum atomic E-state index is 0.0448. The van der Waals surface area contributed by atoms with Crippen LogP contribution in [-0.4, -0.2) is 10.9 Å². The molecule has 118 valence electrons. The summed E-state index contributed by atoms with van der Waals surface area (Å²) in [6.07, 6.45) is 8.70. The van der Waals surface area contributed by atoms with E-state index < -0.39 is 0 Å². The molecule has 4 heteroatoms. The molecule has 0 aliphatic heterocycles. The van der Waals surface area contributed by atoms with Gasteiger partial charge in [0.25, 0.3) is 0 Å². The number of hydrogen-bond donors (Lipinski definition) is 1. The first-order chi connectivity index (χ1) is 11.3. The average Bonchev–Trinajstić information content (AvgIpc) is 3.07. The molecule has 1 unspecified atom stereocenters. The first-order valence-corrected chi connectivity index (χ1v) is 7.89. The van der Waals surface area contributed by atoms with Gasteiger partial charge >= 0.3 is 0 Å². The lowest BCUT2D eigenvalue weighted by molar-refractivity contribution is -0.116. The Morgan fingerprint density at radius 1 is 1.26 bits per heavy atom. The minimum absolute atomic E-state index is 0.0448. The molecule has 1 N–H and O–H groups in total. The molecule has 3 rings (SSSR count). The molecule has 0 saturated carbocycles. The molecule has 1 aliphatic rings. The second kappa shape index (κ2) is 7.58. The third kappa shape index (κ3) is 4.68. The van der Waals surface area contributed by atoms with Gasteiger partial charge in [0.1, 0.15) is 12.4 Å². The van der Waals surface area contributed by atoms with Gasteiger partial charge < -0.3 is 10.1 Å². The number of aromatic nitrogens is 1. The van der Waals surface area contributed by atoms with Crippen LogP contribution in [0.25, 0.3) is 0 Å². The van der Waals surface area contributed by atoms with Crippen LogP contribution in [0, 0.1) is 5.92 Å². The van der Waals surface area contributed by atoms with Crippen LogP contribution < -0.4 is 10.1 Å². The molecule has 1 aromatic carbocycles. The van der Waals surface area contributed by atoms with Crippen molar-refractivity contribution < 1.29 is 9.53 Å². The monoisotopic (exact) mass is 308 g/mol. The third-order valence-electron chi connectivity index (χ3n) is 3.79. The van der Waals surface area contributed by atoms with Gasteiger partial charge in [0.2, 0.25) is 5.91 Å². The summed E-state index contributed by atoms with van der Waals surface area (Å²) in [5.74, 6) is 1.14. The van der Waals surface area contributed by atoms with Crippen molar-refractivity contribution in [1.29, 1.82) is 0 Å². The Bertz CT molecular complexity index is 683. The molecular formula is C19H20N2O2. The highest BCUT2D eigenvalue weighted by atomic mass is 16.5. The summed E-state index contributed by atoms with van der Waals surface area (Å²) in [4.78, 5) is 16.3. The molecular weight excluding hydrogens is 288 g/mol. The van der Waals surface area contributed by atoms with Crippen LogP contribution in [0.4, 0.5) is 5.69 Å². The number of nitrogens with one attached hydrogen (secondary N) is 1. The summed E-state index contributed by atoms with van der Waals surface area (Å²) in [5, 5.41) is 2.94. The predicted molar refractivity (Wildman–Crippen MR) is 90.1 cm³/mol. The number of hydrogen-bond acceptors (Lipinski definition) is 3. The summed E-state index contributed by atoms with van der Waals surface area (Å²) < 4.78 is 5.72. The maximum absolute atomic E-state index is 12.1. The molecule has 2 aromatic rings. The number of nitrogens with zero attached hydrogens (tertiary/aromatic N) is 1. The first kappa shape index (κ1) is 15.3. The van der Waals surface area contributed by atoms with Gasteiger partial charge in [-0.1, -0.05) is 24.3 Å². The van der Waals surface area contributed by atoms with E-state index in [0.717, 1.165) is 24.2 Å². The predicted octanol–water partition coefficient (Wildman–Crippen LogP) is 3.96. The number of carbonyl (C=O) groups excluding carboxylic acids is 1. The van der Waals surface area contributed by atoms with Gasteiger partial charge in [-0.3, -0.25) is 9.78 Å². The molecule has 1 atom stereocenters. The summed E-state index contributed by atoms with van der Waals surface area (Å²) in [7, 11) is 0. The fourth-order valence-corrected chi connectivity index (χ4v) is 2.62. The summed E-state index contributed by atoms with van der Waals surface area (Å²) in [5.41, 5.74) is 1.63. The quantitative estimate of drug-likeness (QED) is 0.822. The van der Waals surface area contributed by atoms with E-state index in [1.54, 1.807) is 6.20 Å². The fraction of sp³-hybridized carbons (Fsp3) is 0.263. The van der Waals surface area contributed by atoms with Crippen LogP contribution in [0.2, 0.25) is 0 Å². The number of carbonyl (C=O) groups is 1. The van der Waals surface area contributed by atoms with Crippen LogP contribution in [-0.2, 0) is 11.4 Å². The number of allylic oxidation sites excluding steroid dienone is 2. The number of amides is 1. The highest BCUT2D eigenvalue weighted by molar-refractivity contribution is 5.91. The number of pyridine rings is 1. The number of benzene rings is 1. The summed E-state index contributed by atoms with van der Waals surface area (Å²) in [6.45, 7) is 0.408. The zero-order valence-corrected chi connectivity index (χ0v) is 12.9. The Balaban J connectivity index is 1.54. The molecule has 0 radical (unpaired) electrons. The normalized spacial score (nSPS) is 16.3. The maximum Gasteiger partial charge on any atom is 0.224 e. The highest BCUT2D eigenvalue weighted by Gasteiger charge is 2.14. The van der Waals surface area contributed by atoms with Gasteiger partial charge in [-0.25, -0.2) is 0 Å². The molecule has 1 amide bonds. The van der Waals surface area contributed by atoms with Gasteiger partial charge in [0.05, 0.1) is 5.69 Å². The molecule has 0 spiro atoms. The maximum atomic E-state index is 12.1. The Kier molecular flexibility index (Phi) is 5.04. The van der Waals surface area contributed by atoms with Crippen LogP contribution in [0.1, 0.15) is 25.0 Å². The molecule has 1 aliphatic carbocycles. The van der Waals surface area contributed by atoms with Crippen LogP contribution >= 0.6 is 0 Å². The molecule has 0 bridgehead atoms. The van der Waals surface area contributed by atoms with E-state index >= 15 is 0 Å². The van der Waals surface area contributed by atoms with Gasteiger partial charge in [-0.2, -0.15) is 0 Å². The molecule has 1 aromatic heterocycles. The lowest BCUT2D eigenvalue weighted by Gasteiger charge is -2.10. The highest BCUT2D eigenvalue weighted by Crippen LogP contribution is 2.22. The van der Waals surface area contributed by atoms with E-state index in [1.165, 1.54) is 0 Å². The number of rotatable bonds is 6. The van der Waals surface area contributed by atoms with Crippen molar-refractivity contribution >= 4 is 11.6 Å². The van der Waals surface area contributed by atoms with Gasteiger partial charge in [0, 0.05) is 24.4 Å². The van der Waals surface area contributed by atoms with Crippen LogP contribution in [0.3, 0.4) is 0 Å². The van der Waals surface area contributed by atoms with E-state index in [1.807, 2.05) is 42.5 Å². The summed E-state index contributed by atoms with van der Waals surface area (Å²) in [6, 6.07) is 13.2. The van der Waals surface area contributed by atoms with Crippen molar-refractivity contribution in [3.8, 4) is 5.75 Å². The molecule has 0 saturated heterocycles. The van der Waals surface area contributed by atoms with Crippen molar-refractivity contribution in [2.24, 2.45) is 5.92 Å². The Labute approximate surface area is 136 Å². The summed E-state index contributed by atoms with van der Waals surface area (Å²) >= 11 is 0. The molecule has 1 heterocycles. The van der Waals surface area contributed by atoms with Crippen LogP contribution in [0.5, 0.6) is 5.75 Å². The molecule has 0 fully saturated rings. The fourth-order valence-electron chi connectivity index (χ4n) is 2.62. The minimum Gasteiger partial charge on any atom is -0.487 e. The second-order valence-electron chi connectivity index (χ2n) is 5.66. The topological polar surface area (TPSA) is 51.2 Å². The zero-order valence-electron chi connectivity index (χ0n) is 12.9.